The van der Waals surface area contributed by atoms with Crippen LogP contribution in [0.2, 0.25) is 0 Å². The van der Waals surface area contributed by atoms with Crippen molar-refractivity contribution in [1.82, 2.24) is 10.3 Å². The van der Waals surface area contributed by atoms with Crippen molar-refractivity contribution in [2.45, 2.75) is 71.3 Å². The van der Waals surface area contributed by atoms with Gasteiger partial charge in [0, 0.05) is 17.3 Å². The number of rotatable bonds is 4. The molecule has 2 atom stereocenters. The predicted molar refractivity (Wildman–Crippen MR) is 98.5 cm³/mol. The summed E-state index contributed by atoms with van der Waals surface area (Å²) in [6.07, 6.45) is 6.88. The Morgan fingerprint density at radius 2 is 1.92 bits per heavy atom. The summed E-state index contributed by atoms with van der Waals surface area (Å²) in [7, 11) is 0. The van der Waals surface area contributed by atoms with Crippen LogP contribution in [-0.4, -0.2) is 22.3 Å². The Morgan fingerprint density at radius 1 is 1.24 bits per heavy atom. The molecule has 4 bridgehead atoms. The van der Waals surface area contributed by atoms with Gasteiger partial charge in [-0.3, -0.25) is 9.59 Å². The molecule has 25 heavy (non-hydrogen) atoms. The lowest BCUT2D eigenvalue weighted by molar-refractivity contribution is -0.148. The highest BCUT2D eigenvalue weighted by Crippen LogP contribution is 2.61. The molecule has 2 N–H and O–H groups in total. The molecule has 0 unspecified atom stereocenters. The molecule has 0 radical (unpaired) electrons. The number of carbonyl (C=O) groups is 2. The molecular formula is C19H27N3O2S. The molecule has 2 amide bonds. The quantitative estimate of drug-likeness (QED) is 0.863. The molecule has 4 aliphatic carbocycles. The fourth-order valence-corrected chi connectivity index (χ4v) is 6.98. The van der Waals surface area contributed by atoms with E-state index in [1.54, 1.807) is 18.3 Å². The molecule has 0 spiro atoms. The summed E-state index contributed by atoms with van der Waals surface area (Å²) in [6, 6.07) is 0. The van der Waals surface area contributed by atoms with E-state index < -0.39 is 0 Å². The van der Waals surface area contributed by atoms with Crippen LogP contribution in [0.5, 0.6) is 0 Å². The van der Waals surface area contributed by atoms with Gasteiger partial charge in [-0.2, -0.15) is 0 Å². The van der Waals surface area contributed by atoms with Crippen molar-refractivity contribution in [3.8, 4) is 0 Å². The molecule has 5 nitrogen and oxygen atoms in total. The van der Waals surface area contributed by atoms with Crippen LogP contribution in [0, 0.1) is 24.2 Å². The molecule has 0 aromatic carbocycles. The van der Waals surface area contributed by atoms with Gasteiger partial charge < -0.3 is 10.6 Å². The Balaban J connectivity index is 1.58. The van der Waals surface area contributed by atoms with E-state index in [-0.39, 0.29) is 22.8 Å². The molecule has 6 heteroatoms. The Kier molecular flexibility index (Phi) is 3.94. The number of hydrogen-bond acceptors (Lipinski definition) is 4. The summed E-state index contributed by atoms with van der Waals surface area (Å²) < 4.78 is 0. The topological polar surface area (TPSA) is 71.1 Å². The molecule has 4 saturated carbocycles. The predicted octanol–water partition coefficient (Wildman–Crippen LogP) is 3.43. The van der Waals surface area contributed by atoms with Crippen molar-refractivity contribution >= 4 is 28.3 Å². The zero-order valence-electron chi connectivity index (χ0n) is 15.3. The highest BCUT2D eigenvalue weighted by Gasteiger charge is 2.60. The van der Waals surface area contributed by atoms with Gasteiger partial charge in [0.2, 0.25) is 11.8 Å². The Labute approximate surface area is 153 Å². The van der Waals surface area contributed by atoms with Gasteiger partial charge in [0.15, 0.2) is 5.13 Å². The number of carbonyl (C=O) groups excluding carboxylic acids is 2. The van der Waals surface area contributed by atoms with E-state index in [9.17, 15) is 9.59 Å². The number of amides is 2. The maximum absolute atomic E-state index is 13.2. The van der Waals surface area contributed by atoms with Gasteiger partial charge in [0.05, 0.1) is 11.1 Å². The highest BCUT2D eigenvalue weighted by molar-refractivity contribution is 7.15. The second-order valence-corrected chi connectivity index (χ2v) is 9.74. The van der Waals surface area contributed by atoms with Gasteiger partial charge in [-0.25, -0.2) is 4.98 Å². The van der Waals surface area contributed by atoms with Crippen molar-refractivity contribution in [1.29, 1.82) is 0 Å². The zero-order chi connectivity index (χ0) is 17.8. The van der Waals surface area contributed by atoms with Crippen molar-refractivity contribution < 1.29 is 9.59 Å². The van der Waals surface area contributed by atoms with Gasteiger partial charge in [-0.05, 0) is 63.7 Å². The first-order valence-electron chi connectivity index (χ1n) is 9.40. The number of aryl methyl sites for hydroxylation is 2. The van der Waals surface area contributed by atoms with Gasteiger partial charge in [0.1, 0.15) is 0 Å². The fraction of sp³-hybridized carbons (Fsp3) is 0.737. The average molecular weight is 362 g/mol. The number of aromatic nitrogens is 1. The minimum absolute atomic E-state index is 0.0284. The van der Waals surface area contributed by atoms with E-state index in [2.05, 4.69) is 29.5 Å². The summed E-state index contributed by atoms with van der Waals surface area (Å²) in [5, 5.41) is 7.07. The first-order valence-corrected chi connectivity index (χ1v) is 10.2. The summed E-state index contributed by atoms with van der Waals surface area (Å²) in [5.74, 6) is 1.26. The molecule has 1 aromatic heterocycles. The number of thiazole rings is 1. The normalized spacial score (nSPS) is 35.6. The third-order valence-electron chi connectivity index (χ3n) is 6.43. The van der Waals surface area contributed by atoms with E-state index in [1.807, 2.05) is 0 Å². The number of hydrogen-bond donors (Lipinski definition) is 2. The van der Waals surface area contributed by atoms with Gasteiger partial charge in [-0.1, -0.05) is 6.92 Å². The number of nitrogens with zero attached hydrogens (tertiary/aromatic N) is 1. The molecule has 4 aliphatic rings. The number of nitrogens with one attached hydrogen (secondary N) is 2. The molecule has 0 aliphatic heterocycles. The smallest absolute Gasteiger partial charge is 0.232 e. The van der Waals surface area contributed by atoms with E-state index in [0.29, 0.717) is 11.8 Å². The monoisotopic (exact) mass is 361 g/mol. The Bertz CT molecular complexity index is 712. The largest absolute Gasteiger partial charge is 0.351 e. The van der Waals surface area contributed by atoms with E-state index in [0.717, 1.165) is 49.4 Å². The number of anilines is 1. The van der Waals surface area contributed by atoms with Crippen molar-refractivity contribution in [3.63, 3.8) is 0 Å². The van der Waals surface area contributed by atoms with Crippen molar-refractivity contribution in [3.05, 3.63) is 10.6 Å². The standard InChI is InChI=1S/C19H27N3O2S/c1-4-15-11(2)25-17(20-15)21-16(24)18-6-13-5-14(7-18)9-19(8-13,10-18)22-12(3)23/h13-14H,4-10H2,1-3H3,(H,22,23)(H,20,21,24)/t13-,14-,18?,19?/m1/s1. The Hall–Kier alpha value is -1.43. The van der Waals surface area contributed by atoms with Crippen LogP contribution in [0.15, 0.2) is 0 Å². The van der Waals surface area contributed by atoms with Crippen LogP contribution in [-0.2, 0) is 16.0 Å². The third kappa shape index (κ3) is 2.88. The van der Waals surface area contributed by atoms with Crippen LogP contribution in [0.1, 0.15) is 62.9 Å². The van der Waals surface area contributed by atoms with Gasteiger partial charge in [0.25, 0.3) is 0 Å². The summed E-state index contributed by atoms with van der Waals surface area (Å²) in [4.78, 5) is 30.7. The highest BCUT2D eigenvalue weighted by atomic mass is 32.1. The lowest BCUT2D eigenvalue weighted by Crippen LogP contribution is -2.65. The first kappa shape index (κ1) is 17.0. The van der Waals surface area contributed by atoms with E-state index in [4.69, 9.17) is 0 Å². The van der Waals surface area contributed by atoms with Crippen LogP contribution in [0.4, 0.5) is 5.13 Å². The minimum atomic E-state index is -0.335. The SMILES string of the molecule is CCc1nc(NC(=O)C23C[C@H]4C[C@@H](CC(NC(C)=O)(C4)C2)C3)sc1C. The van der Waals surface area contributed by atoms with Crippen LogP contribution < -0.4 is 10.6 Å². The molecule has 4 fully saturated rings. The molecular weight excluding hydrogens is 334 g/mol. The average Bonchev–Trinajstić information content (AvgIpc) is 2.84. The van der Waals surface area contributed by atoms with Crippen molar-refractivity contribution in [2.24, 2.45) is 17.3 Å². The zero-order valence-corrected chi connectivity index (χ0v) is 16.1. The van der Waals surface area contributed by atoms with Crippen molar-refractivity contribution in [2.75, 3.05) is 5.32 Å². The maximum atomic E-state index is 13.2. The lowest BCUT2D eigenvalue weighted by Gasteiger charge is -2.61. The summed E-state index contributed by atoms with van der Waals surface area (Å²) in [6.45, 7) is 5.74. The van der Waals surface area contributed by atoms with Crippen LogP contribution in [0.25, 0.3) is 0 Å². The Morgan fingerprint density at radius 3 is 2.48 bits per heavy atom. The lowest BCUT2D eigenvalue weighted by atomic mass is 9.46. The second-order valence-electron chi connectivity index (χ2n) is 8.53. The molecule has 136 valence electrons. The molecule has 5 rings (SSSR count). The third-order valence-corrected chi connectivity index (χ3v) is 7.36. The molecule has 1 aromatic rings. The second kappa shape index (κ2) is 5.79. The summed E-state index contributed by atoms with van der Waals surface area (Å²) >= 11 is 1.57. The first-order chi connectivity index (χ1) is 11.8. The van der Waals surface area contributed by atoms with Crippen LogP contribution in [0.3, 0.4) is 0 Å². The molecule has 1 heterocycles. The summed E-state index contributed by atoms with van der Waals surface area (Å²) in [5.41, 5.74) is 0.569. The fourth-order valence-electron chi connectivity index (χ4n) is 6.09. The maximum Gasteiger partial charge on any atom is 0.232 e. The van der Waals surface area contributed by atoms with Gasteiger partial charge in [-0.15, -0.1) is 11.3 Å². The van der Waals surface area contributed by atoms with Gasteiger partial charge >= 0.3 is 0 Å². The molecule has 0 saturated heterocycles. The minimum Gasteiger partial charge on any atom is -0.351 e. The van der Waals surface area contributed by atoms with E-state index >= 15 is 0 Å². The van der Waals surface area contributed by atoms with Crippen LogP contribution >= 0.6 is 11.3 Å². The van der Waals surface area contributed by atoms with E-state index in [1.165, 1.54) is 11.3 Å².